The highest BCUT2D eigenvalue weighted by atomic mass is 35.5. The Bertz CT molecular complexity index is 818. The number of fused-ring (bicyclic) bond motifs is 5. The van der Waals surface area contributed by atoms with E-state index in [0.717, 1.165) is 37.7 Å². The summed E-state index contributed by atoms with van der Waals surface area (Å²) in [5, 5.41) is 10.6. The molecule has 1 aliphatic carbocycles. The monoisotopic (exact) mass is 341 g/mol. The fourth-order valence-corrected chi connectivity index (χ4v) is 4.52. The number of hydrogen-bond donors (Lipinski definition) is 1. The van der Waals surface area contributed by atoms with Crippen LogP contribution in [0.25, 0.3) is 0 Å². The molecule has 124 valence electrons. The van der Waals surface area contributed by atoms with Crippen molar-refractivity contribution >= 4 is 17.9 Å². The number of phenols is 1. The summed E-state index contributed by atoms with van der Waals surface area (Å²) in [6.45, 7) is 0.983. The summed E-state index contributed by atoms with van der Waals surface area (Å²) < 4.78 is 0. The van der Waals surface area contributed by atoms with E-state index in [-0.39, 0.29) is 11.7 Å². The van der Waals surface area contributed by atoms with Crippen LogP contribution in [-0.4, -0.2) is 35.9 Å². The number of benzene rings is 2. The summed E-state index contributed by atoms with van der Waals surface area (Å²) in [6, 6.07) is 10.2. The van der Waals surface area contributed by atoms with Crippen LogP contribution >= 0.6 is 11.6 Å². The van der Waals surface area contributed by atoms with Crippen LogP contribution in [0.15, 0.2) is 30.3 Å². The lowest BCUT2D eigenvalue weighted by molar-refractivity contribution is 0.112. The molecule has 2 aromatic rings. The van der Waals surface area contributed by atoms with Crippen LogP contribution < -0.4 is 0 Å². The van der Waals surface area contributed by atoms with Gasteiger partial charge < -0.3 is 10.0 Å². The number of likely N-dealkylation sites (N-methyl/N-ethyl adjacent to an activating group) is 1. The number of aldehydes is 1. The molecule has 1 N–H and O–H groups in total. The number of carbonyl (C=O) groups excluding carboxylic acids is 1. The zero-order valence-electron chi connectivity index (χ0n) is 13.6. The predicted molar refractivity (Wildman–Crippen MR) is 95.2 cm³/mol. The van der Waals surface area contributed by atoms with Crippen molar-refractivity contribution in [3.63, 3.8) is 0 Å². The maximum atomic E-state index is 11.1. The molecule has 0 spiro atoms. The van der Waals surface area contributed by atoms with Gasteiger partial charge in [0.15, 0.2) is 0 Å². The Morgan fingerprint density at radius 1 is 1.17 bits per heavy atom. The molecule has 0 amide bonds. The highest BCUT2D eigenvalue weighted by molar-refractivity contribution is 6.32. The highest BCUT2D eigenvalue weighted by Crippen LogP contribution is 2.44. The number of carbonyl (C=O) groups is 1. The van der Waals surface area contributed by atoms with Gasteiger partial charge in [-0.05, 0) is 66.8 Å². The topological polar surface area (TPSA) is 40.5 Å². The van der Waals surface area contributed by atoms with Crippen molar-refractivity contribution in [1.82, 2.24) is 4.90 Å². The second-order valence-electron chi connectivity index (χ2n) is 6.89. The Balaban J connectivity index is 1.92. The van der Waals surface area contributed by atoms with E-state index in [1.165, 1.54) is 22.3 Å². The van der Waals surface area contributed by atoms with Crippen LogP contribution in [0.4, 0.5) is 0 Å². The lowest BCUT2D eigenvalue weighted by Crippen LogP contribution is -2.39. The average molecular weight is 342 g/mol. The number of phenolic OH excluding ortho intramolecular Hbond substituents is 1. The Morgan fingerprint density at radius 2 is 1.96 bits per heavy atom. The van der Waals surface area contributed by atoms with Crippen LogP contribution in [0.1, 0.15) is 45.0 Å². The summed E-state index contributed by atoms with van der Waals surface area (Å²) in [6.07, 6.45) is 3.88. The third-order valence-corrected chi connectivity index (χ3v) is 5.88. The summed E-state index contributed by atoms with van der Waals surface area (Å²) in [7, 11) is 2.18. The molecule has 0 aromatic heterocycles. The Morgan fingerprint density at radius 3 is 2.75 bits per heavy atom. The van der Waals surface area contributed by atoms with Crippen molar-refractivity contribution in [3.05, 3.63) is 63.2 Å². The third-order valence-electron chi connectivity index (χ3n) is 5.58. The van der Waals surface area contributed by atoms with E-state index in [1.54, 1.807) is 0 Å². The molecule has 0 bridgehead atoms. The lowest BCUT2D eigenvalue weighted by atomic mass is 9.74. The molecule has 0 radical (unpaired) electrons. The van der Waals surface area contributed by atoms with Gasteiger partial charge in [0.1, 0.15) is 12.0 Å². The standard InChI is InChI=1S/C20H20ClNO2/c1-22-7-6-14-9-17(21)19(24)10-16(14)20-15-4-2-12(11-23)8-13(15)3-5-18(20)22/h2,4,8-11,18,20,24H,3,5-7H2,1H3/t18-,20?/m0/s1. The quantitative estimate of drug-likeness (QED) is 0.802. The molecule has 4 rings (SSSR count). The van der Waals surface area contributed by atoms with Gasteiger partial charge in [-0.2, -0.15) is 0 Å². The van der Waals surface area contributed by atoms with Gasteiger partial charge in [0.2, 0.25) is 0 Å². The van der Waals surface area contributed by atoms with E-state index in [9.17, 15) is 9.90 Å². The number of nitrogens with zero attached hydrogens (tertiary/aromatic N) is 1. The van der Waals surface area contributed by atoms with Crippen molar-refractivity contribution in [2.24, 2.45) is 0 Å². The van der Waals surface area contributed by atoms with Gasteiger partial charge in [-0.25, -0.2) is 0 Å². The van der Waals surface area contributed by atoms with E-state index in [2.05, 4.69) is 18.0 Å². The van der Waals surface area contributed by atoms with E-state index >= 15 is 0 Å². The fraction of sp³-hybridized carbons (Fsp3) is 0.350. The van der Waals surface area contributed by atoms with Gasteiger partial charge in [0.05, 0.1) is 5.02 Å². The SMILES string of the molecule is CN1CCc2cc(Cl)c(O)cc2C2c3ccc(C=O)cc3CC[C@@H]21. The summed E-state index contributed by atoms with van der Waals surface area (Å²) in [5.41, 5.74) is 5.63. The molecule has 4 heteroatoms. The van der Waals surface area contributed by atoms with Crippen LogP contribution in [-0.2, 0) is 12.8 Å². The largest absolute Gasteiger partial charge is 0.506 e. The second-order valence-corrected chi connectivity index (χ2v) is 7.30. The molecule has 1 unspecified atom stereocenters. The van der Waals surface area contributed by atoms with Crippen molar-refractivity contribution in [3.8, 4) is 5.75 Å². The summed E-state index contributed by atoms with van der Waals surface area (Å²) in [5.74, 6) is 0.357. The minimum atomic E-state index is 0.148. The van der Waals surface area contributed by atoms with Crippen molar-refractivity contribution in [2.75, 3.05) is 13.6 Å². The maximum Gasteiger partial charge on any atom is 0.150 e. The Labute approximate surface area is 146 Å². The van der Waals surface area contributed by atoms with Gasteiger partial charge in [-0.3, -0.25) is 4.79 Å². The van der Waals surface area contributed by atoms with E-state index in [4.69, 9.17) is 11.6 Å². The number of hydrogen-bond acceptors (Lipinski definition) is 3. The van der Waals surface area contributed by atoms with Crippen molar-refractivity contribution in [2.45, 2.75) is 31.2 Å². The first-order valence-corrected chi connectivity index (χ1v) is 8.76. The number of aromatic hydroxyl groups is 1. The number of aryl methyl sites for hydroxylation is 1. The fourth-order valence-electron chi connectivity index (χ4n) is 4.33. The number of halogens is 1. The molecule has 2 aliphatic rings. The van der Waals surface area contributed by atoms with Crippen LogP contribution in [0.2, 0.25) is 5.02 Å². The third kappa shape index (κ3) is 2.43. The predicted octanol–water partition coefficient (Wildman–Crippen LogP) is 3.79. The smallest absolute Gasteiger partial charge is 0.150 e. The zero-order valence-corrected chi connectivity index (χ0v) is 14.4. The Hall–Kier alpha value is -1.84. The molecule has 1 heterocycles. The van der Waals surface area contributed by atoms with Crippen LogP contribution in [0.3, 0.4) is 0 Å². The molecule has 1 aliphatic heterocycles. The van der Waals surface area contributed by atoms with Crippen molar-refractivity contribution < 1.29 is 9.90 Å². The summed E-state index contributed by atoms with van der Waals surface area (Å²) in [4.78, 5) is 13.5. The summed E-state index contributed by atoms with van der Waals surface area (Å²) >= 11 is 6.15. The Kier molecular flexibility index (Phi) is 3.86. The molecule has 2 aromatic carbocycles. The first-order valence-electron chi connectivity index (χ1n) is 8.38. The number of rotatable bonds is 1. The van der Waals surface area contributed by atoms with Crippen LogP contribution in [0, 0.1) is 0 Å². The lowest BCUT2D eigenvalue weighted by Gasteiger charge is -2.38. The van der Waals surface area contributed by atoms with Gasteiger partial charge in [0.25, 0.3) is 0 Å². The molecule has 0 saturated heterocycles. The normalized spacial score (nSPS) is 22.9. The maximum absolute atomic E-state index is 11.1. The average Bonchev–Trinajstić information content (AvgIpc) is 2.73. The molecule has 24 heavy (non-hydrogen) atoms. The highest BCUT2D eigenvalue weighted by Gasteiger charge is 2.36. The molecule has 2 atom stereocenters. The minimum absolute atomic E-state index is 0.148. The zero-order chi connectivity index (χ0) is 16.8. The minimum Gasteiger partial charge on any atom is -0.506 e. The van der Waals surface area contributed by atoms with Gasteiger partial charge >= 0.3 is 0 Å². The van der Waals surface area contributed by atoms with E-state index in [1.807, 2.05) is 24.3 Å². The van der Waals surface area contributed by atoms with E-state index in [0.29, 0.717) is 11.1 Å². The first kappa shape index (κ1) is 15.7. The van der Waals surface area contributed by atoms with E-state index < -0.39 is 0 Å². The van der Waals surface area contributed by atoms with Gasteiger partial charge in [0, 0.05) is 24.1 Å². The van der Waals surface area contributed by atoms with Gasteiger partial charge in [-0.1, -0.05) is 23.7 Å². The second kappa shape index (κ2) is 5.91. The van der Waals surface area contributed by atoms with Gasteiger partial charge in [-0.15, -0.1) is 0 Å². The van der Waals surface area contributed by atoms with Crippen LogP contribution in [0.5, 0.6) is 5.75 Å². The molecular weight excluding hydrogens is 322 g/mol. The van der Waals surface area contributed by atoms with Crippen molar-refractivity contribution in [1.29, 1.82) is 0 Å². The first-order chi connectivity index (χ1) is 11.6. The molecule has 0 fully saturated rings. The molecule has 3 nitrogen and oxygen atoms in total. The molecular formula is C20H20ClNO2. The molecule has 0 saturated carbocycles.